The molecule has 0 bridgehead atoms. The summed E-state index contributed by atoms with van der Waals surface area (Å²) in [5.41, 5.74) is 8.67. The van der Waals surface area contributed by atoms with Crippen LogP contribution < -0.4 is 25.8 Å². The molecule has 0 fully saturated rings. The van der Waals surface area contributed by atoms with Crippen molar-refractivity contribution in [2.45, 2.75) is 31.8 Å². The Morgan fingerprint density at radius 3 is 2.07 bits per heavy atom. The highest BCUT2D eigenvalue weighted by molar-refractivity contribution is 7.89. The van der Waals surface area contributed by atoms with Gasteiger partial charge in [0.25, 0.3) is 0 Å². The lowest BCUT2D eigenvalue weighted by atomic mass is 10.1. The van der Waals surface area contributed by atoms with Crippen LogP contribution in [0.25, 0.3) is 10.9 Å². The summed E-state index contributed by atoms with van der Waals surface area (Å²) >= 11 is 0. The molecule has 2 aromatic heterocycles. The molecule has 6 aromatic rings. The van der Waals surface area contributed by atoms with Crippen molar-refractivity contribution in [1.29, 1.82) is 0 Å². The van der Waals surface area contributed by atoms with Crippen molar-refractivity contribution < 1.29 is 13.2 Å². The van der Waals surface area contributed by atoms with Gasteiger partial charge in [-0.25, -0.2) is 18.5 Å². The van der Waals surface area contributed by atoms with Crippen molar-refractivity contribution in [3.8, 4) is 5.75 Å². The van der Waals surface area contributed by atoms with Gasteiger partial charge in [0.15, 0.2) is 5.82 Å². The monoisotopic (exact) mass is 634 g/mol. The number of nitrogens with two attached hydrogens (primary N) is 1. The topological polar surface area (TPSA) is 134 Å². The lowest BCUT2D eigenvalue weighted by Gasteiger charge is -2.13. The number of aromatic amines is 1. The average molecular weight is 635 g/mol. The Morgan fingerprint density at radius 1 is 0.783 bits per heavy atom. The van der Waals surface area contributed by atoms with Gasteiger partial charge in [-0.3, -0.25) is 0 Å². The fourth-order valence-corrected chi connectivity index (χ4v) is 5.31. The van der Waals surface area contributed by atoms with Crippen molar-refractivity contribution in [3.63, 3.8) is 0 Å². The third kappa shape index (κ3) is 8.44. The summed E-state index contributed by atoms with van der Waals surface area (Å²) in [6, 6.07) is 32.9. The van der Waals surface area contributed by atoms with Crippen molar-refractivity contribution >= 4 is 43.8 Å². The number of rotatable bonds is 10. The number of H-pyrrole nitrogens is 1. The molecule has 2 heterocycles. The molecule has 6 N–H and O–H groups in total. The summed E-state index contributed by atoms with van der Waals surface area (Å²) in [7, 11) is -1.97. The van der Waals surface area contributed by atoms with E-state index in [-0.39, 0.29) is 4.90 Å². The van der Waals surface area contributed by atoms with E-state index < -0.39 is 10.0 Å². The molecule has 0 saturated carbocycles. The Morgan fingerprint density at radius 2 is 1.41 bits per heavy atom. The van der Waals surface area contributed by atoms with Gasteiger partial charge in [-0.15, -0.1) is 0 Å². The predicted octanol–water partition coefficient (Wildman–Crippen LogP) is 7.49. The fraction of sp³-hybridized carbons (Fsp3) is 0.139. The molecule has 6 rings (SSSR count). The largest absolute Gasteiger partial charge is 0.497 e. The quantitative estimate of drug-likeness (QED) is 0.105. The summed E-state index contributed by atoms with van der Waals surface area (Å²) < 4.78 is 27.6. The number of pyridine rings is 1. The molecule has 0 saturated heterocycles. The first-order valence-electron chi connectivity index (χ1n) is 14.8. The second-order valence-electron chi connectivity index (χ2n) is 10.8. The number of ether oxygens (including phenoxy) is 1. The van der Waals surface area contributed by atoms with E-state index in [1.807, 2.05) is 42.6 Å². The Balaban J connectivity index is 0.000000182. The maximum absolute atomic E-state index is 11.2. The van der Waals surface area contributed by atoms with Crippen LogP contribution in [0.3, 0.4) is 0 Å². The van der Waals surface area contributed by atoms with Crippen molar-refractivity contribution in [3.05, 3.63) is 138 Å². The van der Waals surface area contributed by atoms with E-state index in [9.17, 15) is 8.42 Å². The number of hydrogen-bond donors (Lipinski definition) is 5. The second-order valence-corrected chi connectivity index (χ2v) is 12.4. The Bertz CT molecular complexity index is 1990. The van der Waals surface area contributed by atoms with Crippen LogP contribution in [0.2, 0.25) is 0 Å². The molecule has 4 aromatic carbocycles. The highest BCUT2D eigenvalue weighted by atomic mass is 32.2. The van der Waals surface area contributed by atoms with E-state index >= 15 is 0 Å². The smallest absolute Gasteiger partial charge is 0.238 e. The summed E-state index contributed by atoms with van der Waals surface area (Å²) in [4.78, 5) is 7.83. The minimum atomic E-state index is -3.64. The fourth-order valence-electron chi connectivity index (χ4n) is 4.80. The third-order valence-electron chi connectivity index (χ3n) is 7.42. The number of fused-ring (bicyclic) bond motifs is 1. The van der Waals surface area contributed by atoms with Crippen molar-refractivity contribution in [1.82, 2.24) is 9.97 Å². The number of para-hydroxylation sites is 1. The zero-order valence-corrected chi connectivity index (χ0v) is 26.9. The number of anilines is 4. The summed E-state index contributed by atoms with van der Waals surface area (Å²) in [5, 5.41) is 16.4. The molecule has 9 nitrogen and oxygen atoms in total. The van der Waals surface area contributed by atoms with Gasteiger partial charge >= 0.3 is 0 Å². The van der Waals surface area contributed by atoms with Crippen LogP contribution in [0.5, 0.6) is 5.75 Å². The summed E-state index contributed by atoms with van der Waals surface area (Å²) in [6.07, 6.45) is 3.77. The molecule has 0 radical (unpaired) electrons. The molecule has 10 heteroatoms. The highest BCUT2D eigenvalue weighted by Crippen LogP contribution is 2.26. The summed E-state index contributed by atoms with van der Waals surface area (Å²) in [6.45, 7) is 5.46. The van der Waals surface area contributed by atoms with E-state index in [1.54, 1.807) is 25.4 Å². The maximum atomic E-state index is 11.2. The Kier molecular flexibility index (Phi) is 10.2. The Hall–Kier alpha value is -5.32. The lowest BCUT2D eigenvalue weighted by Crippen LogP contribution is -2.12. The molecule has 0 aliphatic carbocycles. The molecule has 0 atom stereocenters. The lowest BCUT2D eigenvalue weighted by molar-refractivity contribution is 0.414. The first kappa shape index (κ1) is 32.1. The van der Waals surface area contributed by atoms with Gasteiger partial charge < -0.3 is 25.7 Å². The zero-order valence-electron chi connectivity index (χ0n) is 26.0. The number of nitrogens with zero attached hydrogens (tertiary/aromatic N) is 1. The molecule has 0 spiro atoms. The number of aromatic nitrogens is 2. The molecule has 0 aliphatic rings. The average Bonchev–Trinajstić information content (AvgIpc) is 3.46. The molecular formula is C36H38N6O3S. The van der Waals surface area contributed by atoms with Gasteiger partial charge in [-0.05, 0) is 85.1 Å². The molecule has 0 aliphatic heterocycles. The summed E-state index contributed by atoms with van der Waals surface area (Å²) in [5.74, 6) is 1.68. The van der Waals surface area contributed by atoms with Crippen LogP contribution >= 0.6 is 0 Å². The minimum absolute atomic E-state index is 0.123. The van der Waals surface area contributed by atoms with Crippen LogP contribution in [0.1, 0.15) is 22.3 Å². The van der Waals surface area contributed by atoms with E-state index in [2.05, 4.69) is 82.2 Å². The first-order valence-corrected chi connectivity index (χ1v) is 16.3. The number of nitrogens with one attached hydrogen (secondary N) is 4. The van der Waals surface area contributed by atoms with Crippen LogP contribution in [0.4, 0.5) is 22.9 Å². The number of primary sulfonamides is 1. The highest BCUT2D eigenvalue weighted by Gasteiger charge is 2.08. The zero-order chi connectivity index (χ0) is 32.5. The minimum Gasteiger partial charge on any atom is -0.497 e. The third-order valence-corrected chi connectivity index (χ3v) is 8.35. The van der Waals surface area contributed by atoms with Gasteiger partial charge in [0.05, 0.1) is 28.9 Å². The SMILES string of the molecule is COc1ccc(CNc2cccnc2Nc2ccc(C)cc2)cc1.Cc1c[nH]c2c(NCc3ccc(S(N)(=O)=O)cc3)cccc12. The van der Waals surface area contributed by atoms with Gasteiger partial charge in [0.2, 0.25) is 10.0 Å². The van der Waals surface area contributed by atoms with E-state index in [0.717, 1.165) is 46.3 Å². The van der Waals surface area contributed by atoms with E-state index in [4.69, 9.17) is 9.88 Å². The number of sulfonamides is 1. The van der Waals surface area contributed by atoms with Crippen LogP contribution in [-0.2, 0) is 23.1 Å². The number of hydrogen-bond acceptors (Lipinski definition) is 7. The van der Waals surface area contributed by atoms with Crippen LogP contribution in [-0.4, -0.2) is 25.5 Å². The van der Waals surface area contributed by atoms with Crippen LogP contribution in [0.15, 0.2) is 120 Å². The number of benzene rings is 4. The predicted molar refractivity (Wildman–Crippen MR) is 187 cm³/mol. The standard InChI is InChI=1S/C20H21N3O.C16H17N3O2S/c1-15-5-9-17(10-6-15)23-20-19(4-3-13-21-20)22-14-16-7-11-18(24-2)12-8-16;1-11-9-19-16-14(11)3-2-4-15(16)18-10-12-5-7-13(8-6-12)22(17,20)21/h3-13,22H,14H2,1-2H3,(H,21,23);2-9,18-19H,10H2,1H3,(H2,17,20,21). The molecular weight excluding hydrogens is 597 g/mol. The van der Waals surface area contributed by atoms with Crippen LogP contribution in [0, 0.1) is 13.8 Å². The van der Waals surface area contributed by atoms with E-state index in [1.165, 1.54) is 34.2 Å². The van der Waals surface area contributed by atoms with Crippen molar-refractivity contribution in [2.75, 3.05) is 23.1 Å². The van der Waals surface area contributed by atoms with Gasteiger partial charge in [0.1, 0.15) is 5.75 Å². The second kappa shape index (κ2) is 14.6. The first-order chi connectivity index (χ1) is 22.2. The number of methoxy groups -OCH3 is 1. The Labute approximate surface area is 269 Å². The molecule has 0 unspecified atom stereocenters. The molecule has 46 heavy (non-hydrogen) atoms. The van der Waals surface area contributed by atoms with Gasteiger partial charge in [0, 0.05) is 36.6 Å². The van der Waals surface area contributed by atoms with Crippen molar-refractivity contribution in [2.24, 2.45) is 5.14 Å². The van der Waals surface area contributed by atoms with E-state index in [0.29, 0.717) is 6.54 Å². The van der Waals surface area contributed by atoms with Gasteiger partial charge in [-0.2, -0.15) is 0 Å². The van der Waals surface area contributed by atoms with Gasteiger partial charge in [-0.1, -0.05) is 54.1 Å². The maximum Gasteiger partial charge on any atom is 0.238 e. The number of aryl methyl sites for hydroxylation is 2. The normalized spacial score (nSPS) is 11.0. The molecule has 0 amide bonds. The molecule has 236 valence electrons.